The van der Waals surface area contributed by atoms with Gasteiger partial charge in [-0.05, 0) is 70.8 Å². The number of hydrogen-bond acceptors (Lipinski definition) is 6. The standard InChI is InChI=1S/C28H19NO6/c1-3-34-27(32)17-4-10-21-22-11-5-18(15-24(22)16(2)23(21)14-17)28(33)35-20-8-6-19(7-9-20)29-25(30)12-13-26(29)31/h3-16H,1H2,2H3. The number of imide groups is 1. The predicted octanol–water partition coefficient (Wildman–Crippen LogP) is 4.77. The Labute approximate surface area is 200 Å². The monoisotopic (exact) mass is 465 g/mol. The number of benzene rings is 3. The van der Waals surface area contributed by atoms with Gasteiger partial charge in [-0.3, -0.25) is 9.59 Å². The van der Waals surface area contributed by atoms with Gasteiger partial charge in [0.15, 0.2) is 0 Å². The zero-order valence-electron chi connectivity index (χ0n) is 18.7. The molecule has 0 fully saturated rings. The van der Waals surface area contributed by atoms with Crippen LogP contribution in [0.3, 0.4) is 0 Å². The van der Waals surface area contributed by atoms with E-state index < -0.39 is 23.8 Å². The quantitative estimate of drug-likeness (QED) is 0.233. The molecule has 0 spiro atoms. The van der Waals surface area contributed by atoms with E-state index in [0.717, 1.165) is 33.4 Å². The van der Waals surface area contributed by atoms with E-state index in [0.29, 0.717) is 16.8 Å². The van der Waals surface area contributed by atoms with Crippen LogP contribution in [0.4, 0.5) is 5.69 Å². The van der Waals surface area contributed by atoms with E-state index in [9.17, 15) is 19.2 Å². The molecule has 0 aromatic heterocycles. The van der Waals surface area contributed by atoms with Crippen molar-refractivity contribution in [2.75, 3.05) is 4.90 Å². The van der Waals surface area contributed by atoms with Crippen LogP contribution in [-0.2, 0) is 14.3 Å². The Balaban J connectivity index is 1.34. The van der Waals surface area contributed by atoms with Gasteiger partial charge in [0.2, 0.25) is 0 Å². The first-order chi connectivity index (χ1) is 16.9. The zero-order valence-corrected chi connectivity index (χ0v) is 18.7. The molecule has 3 aromatic rings. The van der Waals surface area contributed by atoms with Crippen molar-refractivity contribution in [1.29, 1.82) is 0 Å². The Bertz CT molecular complexity index is 1430. The minimum absolute atomic E-state index is 0.0346. The summed E-state index contributed by atoms with van der Waals surface area (Å²) in [4.78, 5) is 49.6. The number of hydrogen-bond donors (Lipinski definition) is 0. The molecule has 3 aromatic carbocycles. The third kappa shape index (κ3) is 3.83. The summed E-state index contributed by atoms with van der Waals surface area (Å²) in [6.45, 7) is 5.42. The van der Waals surface area contributed by atoms with E-state index in [1.165, 1.54) is 24.3 Å². The molecule has 0 saturated heterocycles. The number of fused-ring (bicyclic) bond motifs is 3. The lowest BCUT2D eigenvalue weighted by atomic mass is 9.97. The molecule has 5 rings (SSSR count). The highest BCUT2D eigenvalue weighted by atomic mass is 16.5. The number of esters is 2. The van der Waals surface area contributed by atoms with E-state index in [1.54, 1.807) is 36.4 Å². The Morgan fingerprint density at radius 1 is 0.829 bits per heavy atom. The Kier molecular flexibility index (Phi) is 5.37. The van der Waals surface area contributed by atoms with E-state index in [4.69, 9.17) is 9.47 Å². The largest absolute Gasteiger partial charge is 0.432 e. The maximum absolute atomic E-state index is 12.8. The summed E-state index contributed by atoms with van der Waals surface area (Å²) < 4.78 is 10.4. The van der Waals surface area contributed by atoms with Crippen molar-refractivity contribution in [2.45, 2.75) is 12.8 Å². The first-order valence-electron chi connectivity index (χ1n) is 10.9. The third-order valence-electron chi connectivity index (χ3n) is 6.10. The van der Waals surface area contributed by atoms with E-state index >= 15 is 0 Å². The third-order valence-corrected chi connectivity index (χ3v) is 6.10. The van der Waals surface area contributed by atoms with E-state index in [1.807, 2.05) is 19.1 Å². The molecule has 1 heterocycles. The van der Waals surface area contributed by atoms with Crippen LogP contribution in [0.15, 0.2) is 85.7 Å². The SMILES string of the molecule is C=COC(=O)c1ccc2c(c1)C(C)c1cc(C(=O)Oc3ccc(N4C(=O)C=CC4=O)cc3)ccc1-2. The minimum atomic E-state index is -0.533. The van der Waals surface area contributed by atoms with Gasteiger partial charge >= 0.3 is 11.9 Å². The van der Waals surface area contributed by atoms with Crippen molar-refractivity contribution in [3.05, 3.63) is 108 Å². The van der Waals surface area contributed by atoms with E-state index in [2.05, 4.69) is 6.58 Å². The molecule has 7 heteroatoms. The van der Waals surface area contributed by atoms with Gasteiger partial charge in [-0.1, -0.05) is 25.6 Å². The first kappa shape index (κ1) is 22.0. The first-order valence-corrected chi connectivity index (χ1v) is 10.9. The molecule has 0 bridgehead atoms. The molecule has 172 valence electrons. The molecule has 0 saturated carbocycles. The molecule has 2 amide bonds. The highest BCUT2D eigenvalue weighted by Crippen LogP contribution is 2.45. The number of anilines is 1. The topological polar surface area (TPSA) is 90.0 Å². The second-order valence-electron chi connectivity index (χ2n) is 8.13. The van der Waals surface area contributed by atoms with Gasteiger partial charge in [-0.2, -0.15) is 0 Å². The molecule has 0 radical (unpaired) electrons. The van der Waals surface area contributed by atoms with Gasteiger partial charge in [0.05, 0.1) is 23.1 Å². The lowest BCUT2D eigenvalue weighted by Gasteiger charge is -2.14. The van der Waals surface area contributed by atoms with Gasteiger partial charge in [-0.25, -0.2) is 14.5 Å². The molecule has 7 nitrogen and oxygen atoms in total. The highest BCUT2D eigenvalue weighted by Gasteiger charge is 2.28. The summed E-state index contributed by atoms with van der Waals surface area (Å²) in [6.07, 6.45) is 3.51. The maximum Gasteiger partial charge on any atom is 0.343 e. The molecule has 35 heavy (non-hydrogen) atoms. The van der Waals surface area contributed by atoms with Crippen LogP contribution >= 0.6 is 0 Å². The molecule has 1 unspecified atom stereocenters. The number of rotatable bonds is 5. The second kappa shape index (κ2) is 8.53. The van der Waals surface area contributed by atoms with Gasteiger partial charge in [0, 0.05) is 18.1 Å². The fourth-order valence-electron chi connectivity index (χ4n) is 4.38. The molecule has 0 N–H and O–H groups in total. The number of carbonyl (C=O) groups is 4. The second-order valence-corrected chi connectivity index (χ2v) is 8.13. The summed E-state index contributed by atoms with van der Waals surface area (Å²) in [5.41, 5.74) is 5.12. The average molecular weight is 465 g/mol. The lowest BCUT2D eigenvalue weighted by Crippen LogP contribution is -2.29. The van der Waals surface area contributed by atoms with Crippen molar-refractivity contribution in [3.8, 4) is 16.9 Å². The van der Waals surface area contributed by atoms with Crippen LogP contribution < -0.4 is 9.64 Å². The number of amides is 2. The van der Waals surface area contributed by atoms with Crippen LogP contribution in [0.1, 0.15) is 44.7 Å². The Hall–Kier alpha value is -4.78. The molecule has 1 aliphatic heterocycles. The van der Waals surface area contributed by atoms with Crippen molar-refractivity contribution >= 4 is 29.4 Å². The van der Waals surface area contributed by atoms with Gasteiger partial charge in [0.25, 0.3) is 11.8 Å². The summed E-state index contributed by atoms with van der Waals surface area (Å²) in [7, 11) is 0. The Morgan fingerprint density at radius 2 is 1.37 bits per heavy atom. The Morgan fingerprint density at radius 3 is 1.91 bits per heavy atom. The summed E-state index contributed by atoms with van der Waals surface area (Å²) >= 11 is 0. The molecular formula is C28H19NO6. The normalized spacial score (nSPS) is 15.6. The van der Waals surface area contributed by atoms with Crippen molar-refractivity contribution in [2.24, 2.45) is 0 Å². The summed E-state index contributed by atoms with van der Waals surface area (Å²) in [5, 5.41) is 0. The maximum atomic E-state index is 12.8. The lowest BCUT2D eigenvalue weighted by molar-refractivity contribution is -0.120. The van der Waals surface area contributed by atoms with Crippen LogP contribution in [-0.4, -0.2) is 23.8 Å². The zero-order chi connectivity index (χ0) is 24.7. The van der Waals surface area contributed by atoms with Crippen LogP contribution in [0, 0.1) is 0 Å². The van der Waals surface area contributed by atoms with Gasteiger partial charge in [-0.15, -0.1) is 0 Å². The average Bonchev–Trinajstić information content (AvgIpc) is 3.35. The summed E-state index contributed by atoms with van der Waals surface area (Å²) in [6, 6.07) is 16.9. The van der Waals surface area contributed by atoms with Gasteiger partial charge < -0.3 is 9.47 Å². The van der Waals surface area contributed by atoms with Crippen molar-refractivity contribution < 1.29 is 28.7 Å². The number of carbonyl (C=O) groups excluding carboxylic acids is 4. The molecular weight excluding hydrogens is 446 g/mol. The highest BCUT2D eigenvalue weighted by molar-refractivity contribution is 6.28. The number of ether oxygens (including phenoxy) is 2. The molecule has 2 aliphatic rings. The molecule has 1 atom stereocenters. The molecule has 1 aliphatic carbocycles. The fourth-order valence-corrected chi connectivity index (χ4v) is 4.38. The smallest absolute Gasteiger partial charge is 0.343 e. The number of nitrogens with zero attached hydrogens (tertiary/aromatic N) is 1. The minimum Gasteiger partial charge on any atom is -0.432 e. The summed E-state index contributed by atoms with van der Waals surface area (Å²) in [5.74, 6) is -1.60. The predicted molar refractivity (Wildman–Crippen MR) is 128 cm³/mol. The van der Waals surface area contributed by atoms with Crippen molar-refractivity contribution in [1.82, 2.24) is 0 Å². The van der Waals surface area contributed by atoms with Crippen molar-refractivity contribution in [3.63, 3.8) is 0 Å². The van der Waals surface area contributed by atoms with Gasteiger partial charge in [0.1, 0.15) is 5.75 Å². The van der Waals surface area contributed by atoms with Crippen LogP contribution in [0.5, 0.6) is 5.75 Å². The van der Waals surface area contributed by atoms with E-state index in [-0.39, 0.29) is 11.7 Å². The van der Waals surface area contributed by atoms with Crippen LogP contribution in [0.2, 0.25) is 0 Å². The van der Waals surface area contributed by atoms with Crippen LogP contribution in [0.25, 0.3) is 11.1 Å². The fraction of sp³-hybridized carbons (Fsp3) is 0.0714.